The van der Waals surface area contributed by atoms with E-state index in [0.29, 0.717) is 4.90 Å². The van der Waals surface area contributed by atoms with Gasteiger partial charge in [-0.25, -0.2) is 4.39 Å². The lowest BCUT2D eigenvalue weighted by Gasteiger charge is -2.26. The van der Waals surface area contributed by atoms with Gasteiger partial charge in [0.1, 0.15) is 5.82 Å². The summed E-state index contributed by atoms with van der Waals surface area (Å²) in [7, 11) is 0. The lowest BCUT2D eigenvalue weighted by molar-refractivity contribution is 0.148. The van der Waals surface area contributed by atoms with Crippen molar-refractivity contribution in [2.24, 2.45) is 0 Å². The predicted octanol–water partition coefficient (Wildman–Crippen LogP) is 5.28. The standard InChI is InChI=1S/C21H26FNOS/c22-18-10-3-5-13-21(18)25-20-12-4-2-9-17(20)19(24)11-8-16-23-14-6-1-7-15-23/h2-5,9-10,12-13,19,24H,1,6-8,11,14-16H2. The molecule has 3 rings (SSSR count). The number of likely N-dealkylation sites (tertiary alicyclic amines) is 1. The Labute approximate surface area is 154 Å². The Morgan fingerprint density at radius 1 is 0.960 bits per heavy atom. The zero-order valence-electron chi connectivity index (χ0n) is 14.5. The van der Waals surface area contributed by atoms with Gasteiger partial charge in [0.15, 0.2) is 0 Å². The van der Waals surface area contributed by atoms with Gasteiger partial charge in [-0.3, -0.25) is 0 Å². The summed E-state index contributed by atoms with van der Waals surface area (Å²) in [6, 6.07) is 14.6. The zero-order valence-corrected chi connectivity index (χ0v) is 15.4. The average molecular weight is 360 g/mol. The molecule has 2 nitrogen and oxygen atoms in total. The van der Waals surface area contributed by atoms with E-state index in [2.05, 4.69) is 4.90 Å². The van der Waals surface area contributed by atoms with Gasteiger partial charge in [0.25, 0.3) is 0 Å². The topological polar surface area (TPSA) is 23.5 Å². The molecule has 1 N–H and O–H groups in total. The van der Waals surface area contributed by atoms with Gasteiger partial charge in [-0.2, -0.15) is 0 Å². The summed E-state index contributed by atoms with van der Waals surface area (Å²) in [5.41, 5.74) is 0.898. The minimum atomic E-state index is -0.500. The Morgan fingerprint density at radius 3 is 2.40 bits per heavy atom. The molecule has 25 heavy (non-hydrogen) atoms. The van der Waals surface area contributed by atoms with Crippen molar-refractivity contribution < 1.29 is 9.50 Å². The predicted molar refractivity (Wildman–Crippen MR) is 101 cm³/mol. The van der Waals surface area contributed by atoms with Crippen molar-refractivity contribution in [3.63, 3.8) is 0 Å². The number of hydrogen-bond acceptors (Lipinski definition) is 3. The van der Waals surface area contributed by atoms with E-state index in [1.807, 2.05) is 30.3 Å². The first-order valence-electron chi connectivity index (χ1n) is 9.16. The molecule has 1 saturated heterocycles. The van der Waals surface area contributed by atoms with Gasteiger partial charge >= 0.3 is 0 Å². The third-order valence-electron chi connectivity index (χ3n) is 4.74. The van der Waals surface area contributed by atoms with Crippen LogP contribution in [0.5, 0.6) is 0 Å². The van der Waals surface area contributed by atoms with Crippen molar-refractivity contribution in [3.8, 4) is 0 Å². The first kappa shape index (κ1) is 18.4. The average Bonchev–Trinajstić information content (AvgIpc) is 2.65. The van der Waals surface area contributed by atoms with E-state index in [1.54, 1.807) is 12.1 Å². The van der Waals surface area contributed by atoms with Crippen molar-refractivity contribution in [3.05, 3.63) is 59.9 Å². The van der Waals surface area contributed by atoms with E-state index in [1.165, 1.54) is 50.2 Å². The molecule has 4 heteroatoms. The van der Waals surface area contributed by atoms with Crippen LogP contribution in [0.25, 0.3) is 0 Å². The Hall–Kier alpha value is -1.36. The molecule has 0 radical (unpaired) electrons. The largest absolute Gasteiger partial charge is 0.388 e. The second kappa shape index (κ2) is 9.37. The minimum absolute atomic E-state index is 0.220. The second-order valence-electron chi connectivity index (χ2n) is 6.63. The van der Waals surface area contributed by atoms with Crippen LogP contribution in [-0.2, 0) is 0 Å². The molecular formula is C21H26FNOS. The number of piperidine rings is 1. The van der Waals surface area contributed by atoms with Crippen LogP contribution in [0.15, 0.2) is 58.3 Å². The van der Waals surface area contributed by atoms with Crippen LogP contribution in [0.4, 0.5) is 4.39 Å². The fraction of sp³-hybridized carbons (Fsp3) is 0.429. The molecule has 0 amide bonds. The summed E-state index contributed by atoms with van der Waals surface area (Å²) in [4.78, 5) is 4.02. The van der Waals surface area contributed by atoms with Crippen LogP contribution in [0.3, 0.4) is 0 Å². The minimum Gasteiger partial charge on any atom is -0.388 e. The van der Waals surface area contributed by atoms with Crippen LogP contribution < -0.4 is 0 Å². The number of halogens is 1. The van der Waals surface area contributed by atoms with Crippen LogP contribution >= 0.6 is 11.8 Å². The van der Waals surface area contributed by atoms with Gasteiger partial charge in [-0.15, -0.1) is 0 Å². The van der Waals surface area contributed by atoms with E-state index in [4.69, 9.17) is 0 Å². The molecule has 1 aliphatic heterocycles. The summed E-state index contributed by atoms with van der Waals surface area (Å²) < 4.78 is 13.9. The monoisotopic (exact) mass is 359 g/mol. The third-order valence-corrected chi connectivity index (χ3v) is 5.88. The first-order valence-corrected chi connectivity index (χ1v) is 9.97. The number of benzene rings is 2. The SMILES string of the molecule is OC(CCCN1CCCCC1)c1ccccc1Sc1ccccc1F. The van der Waals surface area contributed by atoms with Gasteiger partial charge in [-0.05, 0) is 69.1 Å². The summed E-state index contributed by atoms with van der Waals surface area (Å²) >= 11 is 1.39. The number of hydrogen-bond donors (Lipinski definition) is 1. The normalized spacial score (nSPS) is 16.7. The number of rotatable bonds is 7. The highest BCUT2D eigenvalue weighted by Gasteiger charge is 2.15. The fourth-order valence-corrected chi connectivity index (χ4v) is 4.36. The van der Waals surface area contributed by atoms with Crippen molar-refractivity contribution in [1.29, 1.82) is 0 Å². The highest BCUT2D eigenvalue weighted by atomic mass is 32.2. The molecule has 0 aliphatic carbocycles. The van der Waals surface area contributed by atoms with Gasteiger partial charge in [-0.1, -0.05) is 48.5 Å². The molecule has 0 saturated carbocycles. The Kier molecular flexibility index (Phi) is 6.91. The zero-order chi connectivity index (χ0) is 17.5. The fourth-order valence-electron chi connectivity index (χ4n) is 3.34. The number of aliphatic hydroxyl groups is 1. The highest BCUT2D eigenvalue weighted by molar-refractivity contribution is 7.99. The van der Waals surface area contributed by atoms with E-state index in [-0.39, 0.29) is 5.82 Å². The molecule has 0 spiro atoms. The molecule has 1 atom stereocenters. The van der Waals surface area contributed by atoms with Crippen molar-refractivity contribution >= 4 is 11.8 Å². The Balaban J connectivity index is 1.60. The number of aliphatic hydroxyl groups excluding tert-OH is 1. The van der Waals surface area contributed by atoms with Gasteiger partial charge in [0, 0.05) is 9.79 Å². The van der Waals surface area contributed by atoms with Crippen molar-refractivity contribution in [2.45, 2.75) is 48.0 Å². The Morgan fingerprint density at radius 2 is 1.64 bits per heavy atom. The number of nitrogens with zero attached hydrogens (tertiary/aromatic N) is 1. The lowest BCUT2D eigenvalue weighted by atomic mass is 10.0. The first-order chi connectivity index (χ1) is 12.2. The smallest absolute Gasteiger partial charge is 0.137 e. The van der Waals surface area contributed by atoms with Crippen LogP contribution in [-0.4, -0.2) is 29.6 Å². The molecule has 0 aromatic heterocycles. The van der Waals surface area contributed by atoms with Crippen LogP contribution in [0.1, 0.15) is 43.8 Å². The van der Waals surface area contributed by atoms with Crippen molar-refractivity contribution in [2.75, 3.05) is 19.6 Å². The van der Waals surface area contributed by atoms with E-state index in [0.717, 1.165) is 29.8 Å². The van der Waals surface area contributed by atoms with Crippen molar-refractivity contribution in [1.82, 2.24) is 4.90 Å². The highest BCUT2D eigenvalue weighted by Crippen LogP contribution is 2.35. The molecule has 2 aromatic rings. The molecule has 1 aliphatic rings. The molecular weight excluding hydrogens is 333 g/mol. The quantitative estimate of drug-likeness (QED) is 0.728. The summed E-state index contributed by atoms with van der Waals surface area (Å²) in [6.07, 6.45) is 5.17. The van der Waals surface area contributed by atoms with Crippen LogP contribution in [0.2, 0.25) is 0 Å². The molecule has 1 fully saturated rings. The third kappa shape index (κ3) is 5.30. The van der Waals surface area contributed by atoms with Crippen LogP contribution in [0, 0.1) is 5.82 Å². The maximum atomic E-state index is 13.9. The molecule has 134 valence electrons. The summed E-state index contributed by atoms with van der Waals surface area (Å²) in [6.45, 7) is 3.44. The molecule has 2 aromatic carbocycles. The summed E-state index contributed by atoms with van der Waals surface area (Å²) in [5.74, 6) is -0.220. The maximum absolute atomic E-state index is 13.9. The van der Waals surface area contributed by atoms with Gasteiger partial charge < -0.3 is 10.0 Å². The second-order valence-corrected chi connectivity index (χ2v) is 7.71. The molecule has 1 heterocycles. The Bertz CT molecular complexity index is 672. The maximum Gasteiger partial charge on any atom is 0.137 e. The lowest BCUT2D eigenvalue weighted by Crippen LogP contribution is -2.30. The molecule has 1 unspecified atom stereocenters. The van der Waals surface area contributed by atoms with E-state index in [9.17, 15) is 9.50 Å². The van der Waals surface area contributed by atoms with Gasteiger partial charge in [0.2, 0.25) is 0 Å². The molecule has 0 bridgehead atoms. The summed E-state index contributed by atoms with van der Waals surface area (Å²) in [5, 5.41) is 10.7. The van der Waals surface area contributed by atoms with E-state index < -0.39 is 6.10 Å². The van der Waals surface area contributed by atoms with Gasteiger partial charge in [0.05, 0.1) is 6.10 Å². The van der Waals surface area contributed by atoms with E-state index >= 15 is 0 Å².